The number of aliphatic hydroxyl groups is 1. The monoisotopic (exact) mass is 320 g/mol. The van der Waals surface area contributed by atoms with Crippen LogP contribution in [0.15, 0.2) is 48.5 Å². The highest BCUT2D eigenvalue weighted by Crippen LogP contribution is 2.20. The Hall–Kier alpha value is -1.95. The van der Waals surface area contributed by atoms with Crippen LogP contribution in [0.2, 0.25) is 5.02 Å². The summed E-state index contributed by atoms with van der Waals surface area (Å²) in [6, 6.07) is 13.6. The number of hydrogen-bond acceptors (Lipinski definition) is 4. The standard InChI is InChI=1S/C16H17ClN2O3/c1-18(10-12-4-2-6-14(17)8-12)11-16(20)13-5-3-7-15(9-13)19(21)22/h2-9,16,20H,10-11H2,1H3. The van der Waals surface area contributed by atoms with E-state index in [4.69, 9.17) is 11.6 Å². The van der Waals surface area contributed by atoms with Gasteiger partial charge in [-0.3, -0.25) is 15.0 Å². The predicted octanol–water partition coefficient (Wildman–Crippen LogP) is 3.41. The maximum Gasteiger partial charge on any atom is 0.269 e. The zero-order chi connectivity index (χ0) is 16.1. The highest BCUT2D eigenvalue weighted by Gasteiger charge is 2.14. The quantitative estimate of drug-likeness (QED) is 0.654. The molecule has 0 spiro atoms. The maximum atomic E-state index is 10.8. The van der Waals surface area contributed by atoms with Crippen molar-refractivity contribution in [2.75, 3.05) is 13.6 Å². The zero-order valence-electron chi connectivity index (χ0n) is 12.1. The fourth-order valence-electron chi connectivity index (χ4n) is 2.26. The largest absolute Gasteiger partial charge is 0.387 e. The average molecular weight is 321 g/mol. The smallest absolute Gasteiger partial charge is 0.269 e. The van der Waals surface area contributed by atoms with Gasteiger partial charge in [-0.15, -0.1) is 0 Å². The molecule has 0 aliphatic carbocycles. The van der Waals surface area contributed by atoms with Crippen molar-refractivity contribution in [3.8, 4) is 0 Å². The van der Waals surface area contributed by atoms with E-state index in [1.54, 1.807) is 12.1 Å². The number of nitro benzene ring substituents is 1. The molecular formula is C16H17ClN2O3. The van der Waals surface area contributed by atoms with Gasteiger partial charge in [-0.1, -0.05) is 35.9 Å². The summed E-state index contributed by atoms with van der Waals surface area (Å²) in [6.45, 7) is 1.00. The van der Waals surface area contributed by atoms with Crippen molar-refractivity contribution < 1.29 is 10.0 Å². The number of nitrogens with zero attached hydrogens (tertiary/aromatic N) is 2. The third-order valence-corrected chi connectivity index (χ3v) is 3.53. The Morgan fingerprint density at radius 3 is 2.68 bits per heavy atom. The van der Waals surface area contributed by atoms with E-state index in [2.05, 4.69) is 0 Å². The molecule has 0 fully saturated rings. The molecule has 116 valence electrons. The van der Waals surface area contributed by atoms with E-state index in [9.17, 15) is 15.2 Å². The molecule has 2 rings (SSSR count). The fourth-order valence-corrected chi connectivity index (χ4v) is 2.47. The number of nitro groups is 1. The van der Waals surface area contributed by atoms with Crippen LogP contribution >= 0.6 is 11.6 Å². The van der Waals surface area contributed by atoms with E-state index in [0.29, 0.717) is 23.7 Å². The average Bonchev–Trinajstić information content (AvgIpc) is 2.47. The molecule has 0 bridgehead atoms. The Bertz CT molecular complexity index is 663. The Balaban J connectivity index is 2.00. The van der Waals surface area contributed by atoms with Crippen molar-refractivity contribution in [3.05, 3.63) is 74.8 Å². The normalized spacial score (nSPS) is 12.4. The lowest BCUT2D eigenvalue weighted by atomic mass is 10.1. The Kier molecular flexibility index (Phi) is 5.49. The molecule has 0 amide bonds. The van der Waals surface area contributed by atoms with Crippen molar-refractivity contribution in [1.82, 2.24) is 4.90 Å². The lowest BCUT2D eigenvalue weighted by Crippen LogP contribution is -2.24. The summed E-state index contributed by atoms with van der Waals surface area (Å²) in [5.41, 5.74) is 1.56. The molecule has 0 aliphatic heterocycles. The van der Waals surface area contributed by atoms with Crippen molar-refractivity contribution in [1.29, 1.82) is 0 Å². The second-order valence-electron chi connectivity index (χ2n) is 5.19. The topological polar surface area (TPSA) is 66.6 Å². The SMILES string of the molecule is CN(Cc1cccc(Cl)c1)CC(O)c1cccc([N+](=O)[O-])c1. The van der Waals surface area contributed by atoms with Crippen molar-refractivity contribution in [2.45, 2.75) is 12.6 Å². The third kappa shape index (κ3) is 4.53. The molecule has 0 radical (unpaired) electrons. The highest BCUT2D eigenvalue weighted by molar-refractivity contribution is 6.30. The van der Waals surface area contributed by atoms with E-state index in [1.165, 1.54) is 12.1 Å². The molecule has 2 aromatic carbocycles. The molecule has 6 heteroatoms. The number of non-ortho nitro benzene ring substituents is 1. The summed E-state index contributed by atoms with van der Waals surface area (Å²) >= 11 is 5.95. The number of benzene rings is 2. The van der Waals surface area contributed by atoms with E-state index in [1.807, 2.05) is 36.2 Å². The van der Waals surface area contributed by atoms with Crippen LogP contribution < -0.4 is 0 Å². The third-order valence-electron chi connectivity index (χ3n) is 3.29. The predicted molar refractivity (Wildman–Crippen MR) is 85.8 cm³/mol. The minimum absolute atomic E-state index is 0.0194. The lowest BCUT2D eigenvalue weighted by molar-refractivity contribution is -0.385. The number of rotatable bonds is 6. The molecule has 22 heavy (non-hydrogen) atoms. The van der Waals surface area contributed by atoms with Gasteiger partial charge in [0.15, 0.2) is 0 Å². The van der Waals surface area contributed by atoms with Gasteiger partial charge in [0, 0.05) is 30.2 Å². The Labute approximate surface area is 133 Å². The van der Waals surface area contributed by atoms with Gasteiger partial charge in [0.2, 0.25) is 0 Å². The number of aliphatic hydroxyl groups excluding tert-OH is 1. The first-order chi connectivity index (χ1) is 10.5. The highest BCUT2D eigenvalue weighted by atomic mass is 35.5. The summed E-state index contributed by atoms with van der Waals surface area (Å²) in [5, 5.41) is 21.7. The number of halogens is 1. The first-order valence-corrected chi connectivity index (χ1v) is 7.19. The molecular weight excluding hydrogens is 304 g/mol. The minimum atomic E-state index is -0.788. The molecule has 0 saturated carbocycles. The zero-order valence-corrected chi connectivity index (χ0v) is 12.9. The summed E-state index contributed by atoms with van der Waals surface area (Å²) in [7, 11) is 1.88. The maximum absolute atomic E-state index is 10.8. The molecule has 2 aromatic rings. The van der Waals surface area contributed by atoms with Crippen molar-refractivity contribution >= 4 is 17.3 Å². The van der Waals surface area contributed by atoms with Crippen LogP contribution in [-0.2, 0) is 6.54 Å². The van der Waals surface area contributed by atoms with Crippen LogP contribution in [0.1, 0.15) is 17.2 Å². The summed E-state index contributed by atoms with van der Waals surface area (Å²) < 4.78 is 0. The minimum Gasteiger partial charge on any atom is -0.387 e. The van der Waals surface area contributed by atoms with E-state index in [0.717, 1.165) is 5.56 Å². The number of likely N-dealkylation sites (N-methyl/N-ethyl adjacent to an activating group) is 1. The molecule has 5 nitrogen and oxygen atoms in total. The fraction of sp³-hybridized carbons (Fsp3) is 0.250. The van der Waals surface area contributed by atoms with Gasteiger partial charge in [-0.2, -0.15) is 0 Å². The van der Waals surface area contributed by atoms with E-state index >= 15 is 0 Å². The van der Waals surface area contributed by atoms with Crippen LogP contribution in [0.25, 0.3) is 0 Å². The summed E-state index contributed by atoms with van der Waals surface area (Å²) in [5.74, 6) is 0. The van der Waals surface area contributed by atoms with Crippen LogP contribution in [0.4, 0.5) is 5.69 Å². The van der Waals surface area contributed by atoms with Gasteiger partial charge in [0.1, 0.15) is 0 Å². The number of hydrogen-bond donors (Lipinski definition) is 1. The van der Waals surface area contributed by atoms with Crippen LogP contribution in [0, 0.1) is 10.1 Å². The molecule has 0 aliphatic rings. The molecule has 0 saturated heterocycles. The first kappa shape index (κ1) is 16.4. The molecule has 0 heterocycles. The van der Waals surface area contributed by atoms with Gasteiger partial charge in [-0.05, 0) is 30.3 Å². The van der Waals surface area contributed by atoms with Crippen molar-refractivity contribution in [3.63, 3.8) is 0 Å². The van der Waals surface area contributed by atoms with Gasteiger partial charge in [-0.25, -0.2) is 0 Å². The Morgan fingerprint density at radius 1 is 1.27 bits per heavy atom. The van der Waals surface area contributed by atoms with Gasteiger partial charge >= 0.3 is 0 Å². The lowest BCUT2D eigenvalue weighted by Gasteiger charge is -2.21. The molecule has 1 N–H and O–H groups in total. The van der Waals surface area contributed by atoms with Gasteiger partial charge in [0.25, 0.3) is 5.69 Å². The Morgan fingerprint density at radius 2 is 2.00 bits per heavy atom. The second kappa shape index (κ2) is 7.35. The first-order valence-electron chi connectivity index (χ1n) is 6.81. The van der Waals surface area contributed by atoms with Crippen LogP contribution in [0.5, 0.6) is 0 Å². The molecule has 1 unspecified atom stereocenters. The van der Waals surface area contributed by atoms with Crippen LogP contribution in [0.3, 0.4) is 0 Å². The van der Waals surface area contributed by atoms with Crippen molar-refractivity contribution in [2.24, 2.45) is 0 Å². The van der Waals surface area contributed by atoms with E-state index in [-0.39, 0.29) is 5.69 Å². The summed E-state index contributed by atoms with van der Waals surface area (Å²) in [6.07, 6.45) is -0.788. The molecule has 1 atom stereocenters. The van der Waals surface area contributed by atoms with Gasteiger partial charge < -0.3 is 5.11 Å². The van der Waals surface area contributed by atoms with E-state index < -0.39 is 11.0 Å². The second-order valence-corrected chi connectivity index (χ2v) is 5.63. The molecule has 0 aromatic heterocycles. The van der Waals surface area contributed by atoms with Crippen LogP contribution in [-0.4, -0.2) is 28.5 Å². The van der Waals surface area contributed by atoms with Gasteiger partial charge in [0.05, 0.1) is 11.0 Å². The summed E-state index contributed by atoms with van der Waals surface area (Å²) in [4.78, 5) is 12.2.